The normalized spacial score (nSPS) is 18.1. The fourth-order valence-electron chi connectivity index (χ4n) is 4.00. The van der Waals surface area contributed by atoms with Crippen LogP contribution in [0.1, 0.15) is 61.3 Å². The molecule has 0 aromatic carbocycles. The van der Waals surface area contributed by atoms with Gasteiger partial charge in [0, 0.05) is 51.4 Å². The molecule has 5 nitrogen and oxygen atoms in total. The van der Waals surface area contributed by atoms with Gasteiger partial charge in [-0.1, -0.05) is 13.8 Å². The molecule has 1 fully saturated rings. The van der Waals surface area contributed by atoms with Crippen molar-refractivity contribution in [3.8, 4) is 0 Å². The maximum atomic E-state index is 4.93. The zero-order valence-electron chi connectivity index (χ0n) is 19.0. The monoisotopic (exact) mass is 495 g/mol. The number of hydrogen-bond donors (Lipinski definition) is 1. The standard InChI is InChI=1S/C21H45N5.HI/c1-8-22-21(23-13-11-14-26(18(4)5)19(6)7)25-15-12-20(17-25)16-24(9-2)10-3;/h18-20H,8-17H2,1-7H3,(H,22,23);1H. The summed E-state index contributed by atoms with van der Waals surface area (Å²) in [6, 6.07) is 1.21. The average molecular weight is 496 g/mol. The predicted molar refractivity (Wildman–Crippen MR) is 130 cm³/mol. The first-order chi connectivity index (χ1) is 12.4. The SMILES string of the molecule is CCNC(=NCCCN(C(C)C)C(C)C)N1CCC(CN(CC)CC)C1.I. The number of rotatable bonds is 11. The number of likely N-dealkylation sites (tertiary alicyclic amines) is 1. The Bertz CT molecular complexity index is 388. The molecule has 27 heavy (non-hydrogen) atoms. The third kappa shape index (κ3) is 9.79. The van der Waals surface area contributed by atoms with Crippen molar-refractivity contribution in [1.82, 2.24) is 20.0 Å². The van der Waals surface area contributed by atoms with E-state index >= 15 is 0 Å². The number of nitrogens with zero attached hydrogens (tertiary/aromatic N) is 4. The van der Waals surface area contributed by atoms with E-state index in [4.69, 9.17) is 4.99 Å². The highest BCUT2D eigenvalue weighted by molar-refractivity contribution is 14.0. The van der Waals surface area contributed by atoms with Crippen LogP contribution < -0.4 is 5.32 Å². The molecule has 1 aliphatic heterocycles. The van der Waals surface area contributed by atoms with E-state index in [0.717, 1.165) is 64.1 Å². The van der Waals surface area contributed by atoms with Crippen molar-refractivity contribution < 1.29 is 0 Å². The van der Waals surface area contributed by atoms with Gasteiger partial charge in [-0.05, 0) is 66.5 Å². The summed E-state index contributed by atoms with van der Waals surface area (Å²) in [5, 5.41) is 3.51. The number of halogens is 1. The minimum atomic E-state index is 0. The van der Waals surface area contributed by atoms with Gasteiger partial charge in [-0.25, -0.2) is 0 Å². The molecule has 0 aromatic rings. The molecule has 1 saturated heterocycles. The van der Waals surface area contributed by atoms with E-state index in [1.54, 1.807) is 0 Å². The van der Waals surface area contributed by atoms with Crippen LogP contribution in [-0.2, 0) is 0 Å². The minimum absolute atomic E-state index is 0. The predicted octanol–water partition coefficient (Wildman–Crippen LogP) is 3.74. The second-order valence-corrected chi connectivity index (χ2v) is 8.10. The quantitative estimate of drug-likeness (QED) is 0.205. The maximum absolute atomic E-state index is 4.93. The fourth-order valence-corrected chi connectivity index (χ4v) is 4.00. The Kier molecular flexibility index (Phi) is 14.8. The summed E-state index contributed by atoms with van der Waals surface area (Å²) in [6.07, 6.45) is 2.41. The lowest BCUT2D eigenvalue weighted by atomic mass is 10.1. The molecular formula is C21H46IN5. The molecule has 0 radical (unpaired) electrons. The van der Waals surface area contributed by atoms with Crippen LogP contribution in [0, 0.1) is 5.92 Å². The lowest BCUT2D eigenvalue weighted by Crippen LogP contribution is -2.41. The molecule has 0 bridgehead atoms. The zero-order chi connectivity index (χ0) is 19.5. The van der Waals surface area contributed by atoms with Crippen LogP contribution in [0.4, 0.5) is 0 Å². The number of nitrogens with one attached hydrogen (secondary N) is 1. The van der Waals surface area contributed by atoms with E-state index in [9.17, 15) is 0 Å². The van der Waals surface area contributed by atoms with Crippen molar-refractivity contribution in [2.24, 2.45) is 10.9 Å². The Hall–Kier alpha value is -0.0800. The van der Waals surface area contributed by atoms with Gasteiger partial charge in [0.15, 0.2) is 5.96 Å². The first-order valence-corrected chi connectivity index (χ1v) is 10.9. The summed E-state index contributed by atoms with van der Waals surface area (Å²) in [5.74, 6) is 1.89. The number of aliphatic imine (C=N–C) groups is 1. The molecule has 0 aliphatic carbocycles. The second-order valence-electron chi connectivity index (χ2n) is 8.10. The Morgan fingerprint density at radius 3 is 2.26 bits per heavy atom. The third-order valence-electron chi connectivity index (χ3n) is 5.49. The molecule has 1 unspecified atom stereocenters. The molecule has 1 atom stereocenters. The van der Waals surface area contributed by atoms with E-state index in [1.807, 2.05) is 0 Å². The maximum Gasteiger partial charge on any atom is 0.193 e. The molecule has 0 saturated carbocycles. The highest BCUT2D eigenvalue weighted by Gasteiger charge is 2.25. The first kappa shape index (κ1) is 26.9. The van der Waals surface area contributed by atoms with Crippen LogP contribution in [0.15, 0.2) is 4.99 Å². The average Bonchev–Trinajstić information content (AvgIpc) is 3.06. The summed E-state index contributed by atoms with van der Waals surface area (Å²) in [4.78, 5) is 12.5. The molecule has 0 spiro atoms. The first-order valence-electron chi connectivity index (χ1n) is 10.9. The molecule has 1 rings (SSSR count). The summed E-state index contributed by atoms with van der Waals surface area (Å²) in [6.45, 7) is 24.6. The Labute approximate surface area is 186 Å². The lowest BCUT2D eigenvalue weighted by Gasteiger charge is -2.30. The number of guanidine groups is 1. The molecule has 162 valence electrons. The van der Waals surface area contributed by atoms with Crippen molar-refractivity contribution in [2.45, 2.75) is 73.4 Å². The Morgan fingerprint density at radius 2 is 1.74 bits per heavy atom. The summed E-state index contributed by atoms with van der Waals surface area (Å²) < 4.78 is 0. The minimum Gasteiger partial charge on any atom is -0.357 e. The third-order valence-corrected chi connectivity index (χ3v) is 5.49. The van der Waals surface area contributed by atoms with Gasteiger partial charge in [-0.3, -0.25) is 9.89 Å². The van der Waals surface area contributed by atoms with Crippen LogP contribution >= 0.6 is 24.0 Å². The lowest BCUT2D eigenvalue weighted by molar-refractivity contribution is 0.174. The van der Waals surface area contributed by atoms with Crippen LogP contribution in [0.5, 0.6) is 0 Å². The van der Waals surface area contributed by atoms with Crippen LogP contribution in [0.3, 0.4) is 0 Å². The summed E-state index contributed by atoms with van der Waals surface area (Å²) in [7, 11) is 0. The van der Waals surface area contributed by atoms with Crippen LogP contribution in [0.25, 0.3) is 0 Å². The highest BCUT2D eigenvalue weighted by Crippen LogP contribution is 2.17. The number of hydrogen-bond acceptors (Lipinski definition) is 3. The van der Waals surface area contributed by atoms with E-state index in [-0.39, 0.29) is 24.0 Å². The molecule has 1 N–H and O–H groups in total. The van der Waals surface area contributed by atoms with Gasteiger partial charge < -0.3 is 15.1 Å². The van der Waals surface area contributed by atoms with Crippen molar-refractivity contribution in [3.05, 3.63) is 0 Å². The molecule has 0 aromatic heterocycles. The molecule has 1 aliphatic rings. The Balaban J connectivity index is 0.00000676. The molecule has 1 heterocycles. The van der Waals surface area contributed by atoms with Crippen LogP contribution in [0.2, 0.25) is 0 Å². The molecule has 0 amide bonds. The van der Waals surface area contributed by atoms with Gasteiger partial charge in [-0.15, -0.1) is 24.0 Å². The van der Waals surface area contributed by atoms with E-state index in [1.165, 1.54) is 13.0 Å². The highest BCUT2D eigenvalue weighted by atomic mass is 127. The van der Waals surface area contributed by atoms with Crippen LogP contribution in [-0.4, -0.2) is 85.1 Å². The molecular weight excluding hydrogens is 449 g/mol. The van der Waals surface area contributed by atoms with Gasteiger partial charge in [0.25, 0.3) is 0 Å². The van der Waals surface area contributed by atoms with Gasteiger partial charge in [0.2, 0.25) is 0 Å². The van der Waals surface area contributed by atoms with Gasteiger partial charge >= 0.3 is 0 Å². The van der Waals surface area contributed by atoms with E-state index in [2.05, 4.69) is 68.5 Å². The Morgan fingerprint density at radius 1 is 1.11 bits per heavy atom. The molecule has 6 heteroatoms. The summed E-state index contributed by atoms with van der Waals surface area (Å²) >= 11 is 0. The van der Waals surface area contributed by atoms with Gasteiger partial charge in [0.1, 0.15) is 0 Å². The van der Waals surface area contributed by atoms with Gasteiger partial charge in [-0.2, -0.15) is 0 Å². The van der Waals surface area contributed by atoms with E-state index in [0.29, 0.717) is 12.1 Å². The smallest absolute Gasteiger partial charge is 0.193 e. The fraction of sp³-hybridized carbons (Fsp3) is 0.952. The topological polar surface area (TPSA) is 34.1 Å². The van der Waals surface area contributed by atoms with Crippen molar-refractivity contribution >= 4 is 29.9 Å². The van der Waals surface area contributed by atoms with Gasteiger partial charge in [0.05, 0.1) is 0 Å². The second kappa shape index (κ2) is 14.9. The largest absolute Gasteiger partial charge is 0.357 e. The van der Waals surface area contributed by atoms with Crippen molar-refractivity contribution in [1.29, 1.82) is 0 Å². The van der Waals surface area contributed by atoms with Crippen molar-refractivity contribution in [2.75, 3.05) is 52.4 Å². The zero-order valence-corrected chi connectivity index (χ0v) is 21.3. The van der Waals surface area contributed by atoms with E-state index < -0.39 is 0 Å². The van der Waals surface area contributed by atoms with Crippen molar-refractivity contribution in [3.63, 3.8) is 0 Å². The summed E-state index contributed by atoms with van der Waals surface area (Å²) in [5.41, 5.74) is 0.